The number of aryl methyl sites for hydroxylation is 1. The smallest absolute Gasteiger partial charge is 0.259 e. The number of carbonyl (C=O) groups excluding carboxylic acids is 2. The van der Waals surface area contributed by atoms with Crippen molar-refractivity contribution in [3.8, 4) is 22.9 Å². The first-order valence-corrected chi connectivity index (χ1v) is 12.4. The van der Waals surface area contributed by atoms with Crippen molar-refractivity contribution in [2.24, 2.45) is 5.92 Å². The van der Waals surface area contributed by atoms with E-state index in [2.05, 4.69) is 21.4 Å². The van der Waals surface area contributed by atoms with Crippen LogP contribution in [0.2, 0.25) is 0 Å². The molecule has 0 spiro atoms. The van der Waals surface area contributed by atoms with E-state index in [1.54, 1.807) is 25.3 Å². The van der Waals surface area contributed by atoms with E-state index >= 15 is 0 Å². The lowest BCUT2D eigenvalue weighted by atomic mass is 9.97. The third kappa shape index (κ3) is 4.49. The van der Waals surface area contributed by atoms with E-state index in [9.17, 15) is 14.9 Å². The summed E-state index contributed by atoms with van der Waals surface area (Å²) in [5.41, 5.74) is 3.68. The summed E-state index contributed by atoms with van der Waals surface area (Å²) in [6.45, 7) is 2.88. The zero-order valence-corrected chi connectivity index (χ0v) is 20.4. The fourth-order valence-corrected chi connectivity index (χ4v) is 5.78. The molecule has 8 nitrogen and oxygen atoms in total. The maximum Gasteiger partial charge on any atom is 0.259 e. The normalized spacial score (nSPS) is 15.1. The van der Waals surface area contributed by atoms with Crippen LogP contribution in [0, 0.1) is 24.2 Å². The number of anilines is 1. The molecule has 0 saturated heterocycles. The number of ether oxygens (including phenoxy) is 1. The molecule has 1 fully saturated rings. The van der Waals surface area contributed by atoms with Gasteiger partial charge in [0, 0.05) is 28.9 Å². The number of nitriles is 1. The van der Waals surface area contributed by atoms with Crippen LogP contribution >= 0.6 is 11.3 Å². The first kappa shape index (κ1) is 23.0. The minimum absolute atomic E-state index is 0.146. The van der Waals surface area contributed by atoms with Crippen LogP contribution in [0.1, 0.15) is 57.9 Å². The number of benzene rings is 1. The Hall–Kier alpha value is -3.77. The monoisotopic (exact) mass is 487 g/mol. The number of hydrogen-bond acceptors (Lipinski definition) is 7. The van der Waals surface area contributed by atoms with Crippen LogP contribution in [0.15, 0.2) is 30.5 Å². The summed E-state index contributed by atoms with van der Waals surface area (Å²) in [6, 6.07) is 9.04. The van der Waals surface area contributed by atoms with Gasteiger partial charge in [-0.2, -0.15) is 5.26 Å². The van der Waals surface area contributed by atoms with Crippen LogP contribution in [-0.4, -0.2) is 33.8 Å². The molecular formula is C26H25N5O3S. The van der Waals surface area contributed by atoms with Crippen molar-refractivity contribution in [3.05, 3.63) is 57.9 Å². The van der Waals surface area contributed by atoms with Crippen LogP contribution < -0.4 is 10.1 Å². The highest BCUT2D eigenvalue weighted by molar-refractivity contribution is 7.16. The van der Waals surface area contributed by atoms with E-state index in [4.69, 9.17) is 4.74 Å². The number of nitrogens with zero attached hydrogens (tertiary/aromatic N) is 4. The number of carbonyl (C=O) groups is 2. The Kier molecular flexibility index (Phi) is 6.22. The molecule has 5 rings (SSSR count). The average molecular weight is 488 g/mol. The number of methoxy groups -OCH3 is 1. The molecule has 2 amide bonds. The summed E-state index contributed by atoms with van der Waals surface area (Å²) in [5.74, 6) is 0.585. The standard InChI is InChI=1S/C26H25N5O3S/c1-15-9-18(19-10-16(11-27)7-8-22(19)34-2)20(12-28-15)24(32)30-26-29-21-13-31(14-23(21)35-26)25(33)17-5-3-4-6-17/h7-10,12,17H,3-6,13-14H2,1-2H3,(H,29,30,32). The second kappa shape index (κ2) is 9.47. The van der Waals surface area contributed by atoms with Gasteiger partial charge in [-0.1, -0.05) is 24.2 Å². The zero-order chi connectivity index (χ0) is 24.5. The summed E-state index contributed by atoms with van der Waals surface area (Å²) in [4.78, 5) is 37.9. The number of nitrogens with one attached hydrogen (secondary N) is 1. The predicted molar refractivity (Wildman–Crippen MR) is 132 cm³/mol. The first-order valence-electron chi connectivity index (χ1n) is 11.6. The van der Waals surface area contributed by atoms with Crippen molar-refractivity contribution in [3.63, 3.8) is 0 Å². The number of hydrogen-bond donors (Lipinski definition) is 1. The second-order valence-electron chi connectivity index (χ2n) is 8.92. The number of fused-ring (bicyclic) bond motifs is 1. The van der Waals surface area contributed by atoms with E-state index in [-0.39, 0.29) is 17.7 Å². The maximum atomic E-state index is 13.3. The second-order valence-corrected chi connectivity index (χ2v) is 10.0. The third-order valence-electron chi connectivity index (χ3n) is 6.59. The SMILES string of the molecule is COc1ccc(C#N)cc1-c1cc(C)ncc1C(=O)Nc1nc2c(s1)CN(C(=O)C1CCCC1)C2. The summed E-state index contributed by atoms with van der Waals surface area (Å²) in [7, 11) is 1.55. The molecule has 35 heavy (non-hydrogen) atoms. The molecule has 1 aliphatic carbocycles. The Morgan fingerprint density at radius 3 is 2.71 bits per heavy atom. The highest BCUT2D eigenvalue weighted by Gasteiger charge is 2.33. The van der Waals surface area contributed by atoms with E-state index in [1.165, 1.54) is 17.5 Å². The highest BCUT2D eigenvalue weighted by Crippen LogP contribution is 2.36. The third-order valence-corrected chi connectivity index (χ3v) is 7.59. The van der Waals surface area contributed by atoms with Crippen molar-refractivity contribution in [1.29, 1.82) is 5.26 Å². The van der Waals surface area contributed by atoms with Gasteiger partial charge in [0.15, 0.2) is 5.13 Å². The molecule has 3 heterocycles. The number of thiazole rings is 1. The van der Waals surface area contributed by atoms with Gasteiger partial charge >= 0.3 is 0 Å². The Bertz CT molecular complexity index is 1330. The molecule has 2 aliphatic rings. The summed E-state index contributed by atoms with van der Waals surface area (Å²) >= 11 is 1.40. The van der Waals surface area contributed by atoms with Gasteiger partial charge in [-0.15, -0.1) is 0 Å². The fourth-order valence-electron chi connectivity index (χ4n) is 4.80. The van der Waals surface area contributed by atoms with E-state index in [0.717, 1.165) is 41.9 Å². The van der Waals surface area contributed by atoms with Gasteiger partial charge in [0.25, 0.3) is 5.91 Å². The maximum absolute atomic E-state index is 13.3. The first-order chi connectivity index (χ1) is 17.0. The predicted octanol–water partition coefficient (Wildman–Crippen LogP) is 4.68. The number of amides is 2. The van der Waals surface area contributed by atoms with Crippen LogP contribution in [-0.2, 0) is 17.9 Å². The van der Waals surface area contributed by atoms with Gasteiger partial charge in [-0.3, -0.25) is 19.9 Å². The summed E-state index contributed by atoms with van der Waals surface area (Å²) < 4.78 is 5.50. The van der Waals surface area contributed by atoms with Gasteiger partial charge in [-0.25, -0.2) is 4.98 Å². The molecule has 0 radical (unpaired) electrons. The van der Waals surface area contributed by atoms with Crippen molar-refractivity contribution >= 4 is 28.3 Å². The minimum Gasteiger partial charge on any atom is -0.496 e. The topological polar surface area (TPSA) is 108 Å². The van der Waals surface area contributed by atoms with Crippen molar-refractivity contribution in [2.45, 2.75) is 45.7 Å². The summed E-state index contributed by atoms with van der Waals surface area (Å²) in [5, 5.41) is 12.8. The zero-order valence-electron chi connectivity index (χ0n) is 19.6. The fraction of sp³-hybridized carbons (Fsp3) is 0.346. The molecule has 1 saturated carbocycles. The van der Waals surface area contributed by atoms with Gasteiger partial charge in [0.2, 0.25) is 5.91 Å². The van der Waals surface area contributed by atoms with Crippen LogP contribution in [0.25, 0.3) is 11.1 Å². The summed E-state index contributed by atoms with van der Waals surface area (Å²) in [6.07, 6.45) is 5.74. The van der Waals surface area contributed by atoms with Crippen molar-refractivity contribution in [1.82, 2.24) is 14.9 Å². The molecule has 0 unspecified atom stereocenters. The molecule has 178 valence electrons. The van der Waals surface area contributed by atoms with E-state index in [0.29, 0.717) is 46.2 Å². The molecule has 1 N–H and O–H groups in total. The Morgan fingerprint density at radius 2 is 2.00 bits per heavy atom. The van der Waals surface area contributed by atoms with E-state index < -0.39 is 0 Å². The highest BCUT2D eigenvalue weighted by atomic mass is 32.1. The Labute approximate surface area is 207 Å². The number of aromatic nitrogens is 2. The lowest BCUT2D eigenvalue weighted by Crippen LogP contribution is -2.30. The largest absolute Gasteiger partial charge is 0.496 e. The van der Waals surface area contributed by atoms with E-state index in [1.807, 2.05) is 17.9 Å². The molecular weight excluding hydrogens is 462 g/mol. The van der Waals surface area contributed by atoms with Gasteiger partial charge in [0.05, 0.1) is 48.0 Å². The van der Waals surface area contributed by atoms with Gasteiger partial charge < -0.3 is 9.64 Å². The molecule has 1 aliphatic heterocycles. The van der Waals surface area contributed by atoms with Crippen molar-refractivity contribution in [2.75, 3.05) is 12.4 Å². The molecule has 1 aromatic carbocycles. The average Bonchev–Trinajstić information content (AvgIpc) is 3.60. The lowest BCUT2D eigenvalue weighted by molar-refractivity contribution is -0.136. The lowest BCUT2D eigenvalue weighted by Gasteiger charge is -2.19. The minimum atomic E-state index is -0.344. The quantitative estimate of drug-likeness (QED) is 0.560. The Morgan fingerprint density at radius 1 is 1.20 bits per heavy atom. The number of pyridine rings is 1. The number of rotatable bonds is 5. The van der Waals surface area contributed by atoms with Gasteiger partial charge in [-0.05, 0) is 44.0 Å². The van der Waals surface area contributed by atoms with Gasteiger partial charge in [0.1, 0.15) is 5.75 Å². The molecule has 0 bridgehead atoms. The van der Waals surface area contributed by atoms with Crippen LogP contribution in [0.4, 0.5) is 5.13 Å². The molecule has 9 heteroatoms. The molecule has 3 aromatic rings. The van der Waals surface area contributed by atoms with Crippen LogP contribution in [0.5, 0.6) is 5.75 Å². The Balaban J connectivity index is 1.37. The van der Waals surface area contributed by atoms with Crippen molar-refractivity contribution < 1.29 is 14.3 Å². The molecule has 2 aromatic heterocycles. The van der Waals surface area contributed by atoms with Crippen LogP contribution in [0.3, 0.4) is 0 Å². The molecule has 0 atom stereocenters.